The number of nitrogens with zero attached hydrogens (tertiary/aromatic N) is 1. The normalized spacial score (nSPS) is 16.0. The van der Waals surface area contributed by atoms with Crippen LogP contribution in [0.15, 0.2) is 18.2 Å². The molecule has 0 spiro atoms. The Labute approximate surface area is 120 Å². The zero-order valence-electron chi connectivity index (χ0n) is 12.2. The average Bonchev–Trinajstić information content (AvgIpc) is 2.45. The number of carbonyl (C=O) groups is 1. The van der Waals surface area contributed by atoms with Crippen LogP contribution in [0, 0.1) is 5.92 Å². The summed E-state index contributed by atoms with van der Waals surface area (Å²) in [5.74, 6) is 1.46. The molecule has 0 bridgehead atoms. The zero-order chi connectivity index (χ0) is 14.5. The first-order valence-electron chi connectivity index (χ1n) is 7.05. The number of nitrogens with two attached hydrogens (primary N) is 1. The Kier molecular flexibility index (Phi) is 4.71. The summed E-state index contributed by atoms with van der Waals surface area (Å²) in [6.45, 7) is 4.33. The van der Waals surface area contributed by atoms with Crippen molar-refractivity contribution in [3.05, 3.63) is 23.8 Å². The zero-order valence-corrected chi connectivity index (χ0v) is 12.2. The topological polar surface area (TPSA) is 67.6 Å². The van der Waals surface area contributed by atoms with Crippen molar-refractivity contribution in [3.8, 4) is 5.75 Å². The van der Waals surface area contributed by atoms with Crippen molar-refractivity contribution in [3.63, 3.8) is 0 Å². The number of likely N-dealkylation sites (tertiary alicyclic amines) is 1. The molecule has 1 fully saturated rings. The van der Waals surface area contributed by atoms with Crippen molar-refractivity contribution in [2.24, 2.45) is 5.92 Å². The van der Waals surface area contributed by atoms with Crippen molar-refractivity contribution < 1.29 is 9.53 Å². The van der Waals surface area contributed by atoms with Gasteiger partial charge in [0.1, 0.15) is 5.75 Å². The molecule has 0 aliphatic carbocycles. The van der Waals surface area contributed by atoms with E-state index in [-0.39, 0.29) is 6.03 Å². The maximum atomic E-state index is 12.1. The lowest BCUT2D eigenvalue weighted by Crippen LogP contribution is -2.43. The fourth-order valence-corrected chi connectivity index (χ4v) is 2.43. The van der Waals surface area contributed by atoms with Crippen LogP contribution in [0.25, 0.3) is 0 Å². The Morgan fingerprint density at radius 2 is 2.15 bits per heavy atom. The molecule has 1 heterocycles. The Morgan fingerprint density at radius 3 is 2.80 bits per heavy atom. The number of piperidine rings is 1. The number of hydrogen-bond donors (Lipinski definition) is 2. The lowest BCUT2D eigenvalue weighted by Gasteiger charge is -2.30. The molecule has 1 aromatic rings. The van der Waals surface area contributed by atoms with Gasteiger partial charge in [-0.25, -0.2) is 4.79 Å². The minimum absolute atomic E-state index is 0.0126. The molecule has 1 aliphatic heterocycles. The second-order valence-corrected chi connectivity index (χ2v) is 5.40. The van der Waals surface area contributed by atoms with E-state index in [4.69, 9.17) is 10.5 Å². The molecule has 5 heteroatoms. The molecule has 2 amide bonds. The van der Waals surface area contributed by atoms with Gasteiger partial charge in [-0.2, -0.15) is 0 Å². The highest BCUT2D eigenvalue weighted by Gasteiger charge is 2.20. The predicted octanol–water partition coefficient (Wildman–Crippen LogP) is 2.22. The second-order valence-electron chi connectivity index (χ2n) is 5.40. The highest BCUT2D eigenvalue weighted by Crippen LogP contribution is 2.21. The summed E-state index contributed by atoms with van der Waals surface area (Å²) in [5, 5.41) is 2.94. The van der Waals surface area contributed by atoms with Gasteiger partial charge in [0.05, 0.1) is 7.11 Å². The van der Waals surface area contributed by atoms with Crippen LogP contribution in [0.2, 0.25) is 0 Å². The molecule has 1 aliphatic rings. The third-order valence-electron chi connectivity index (χ3n) is 3.81. The molecule has 5 nitrogen and oxygen atoms in total. The first kappa shape index (κ1) is 14.5. The first-order valence-corrected chi connectivity index (χ1v) is 7.05. The quantitative estimate of drug-likeness (QED) is 0.832. The minimum Gasteiger partial charge on any atom is -0.496 e. The smallest absolute Gasteiger partial charge is 0.317 e. The SMILES string of the molecule is COc1ccc(N)cc1CNC(=O)N1CCC(C)CC1. The van der Waals surface area contributed by atoms with Crippen LogP contribution in [0.5, 0.6) is 5.75 Å². The maximum Gasteiger partial charge on any atom is 0.317 e. The van der Waals surface area contributed by atoms with Crippen LogP contribution < -0.4 is 15.8 Å². The van der Waals surface area contributed by atoms with E-state index in [0.717, 1.165) is 37.2 Å². The molecular formula is C15H23N3O2. The van der Waals surface area contributed by atoms with Crippen molar-refractivity contribution in [1.82, 2.24) is 10.2 Å². The van der Waals surface area contributed by atoms with Gasteiger partial charge in [-0.15, -0.1) is 0 Å². The van der Waals surface area contributed by atoms with Gasteiger partial charge in [-0.05, 0) is 37.0 Å². The Morgan fingerprint density at radius 1 is 1.45 bits per heavy atom. The Bertz CT molecular complexity index is 468. The Hall–Kier alpha value is -1.91. The third-order valence-corrected chi connectivity index (χ3v) is 3.81. The van der Waals surface area contributed by atoms with Crippen molar-refractivity contribution in [2.45, 2.75) is 26.3 Å². The first-order chi connectivity index (χ1) is 9.60. The molecule has 1 saturated heterocycles. The van der Waals surface area contributed by atoms with Gasteiger partial charge < -0.3 is 20.7 Å². The lowest BCUT2D eigenvalue weighted by atomic mass is 10.00. The number of hydrogen-bond acceptors (Lipinski definition) is 3. The van der Waals surface area contributed by atoms with E-state index in [1.54, 1.807) is 13.2 Å². The standard InChI is InChI=1S/C15H23N3O2/c1-11-5-7-18(8-6-11)15(19)17-10-12-9-13(16)3-4-14(12)20-2/h3-4,9,11H,5-8,10,16H2,1-2H3,(H,17,19). The van der Waals surface area contributed by atoms with Crippen LogP contribution in [-0.4, -0.2) is 31.1 Å². The van der Waals surface area contributed by atoms with Crippen molar-refractivity contribution in [2.75, 3.05) is 25.9 Å². The van der Waals surface area contributed by atoms with Crippen LogP contribution >= 0.6 is 0 Å². The largest absolute Gasteiger partial charge is 0.496 e. The van der Waals surface area contributed by atoms with E-state index < -0.39 is 0 Å². The lowest BCUT2D eigenvalue weighted by molar-refractivity contribution is 0.173. The van der Waals surface area contributed by atoms with Gasteiger partial charge in [0, 0.05) is 30.9 Å². The molecule has 2 rings (SSSR count). The van der Waals surface area contributed by atoms with Crippen LogP contribution in [0.3, 0.4) is 0 Å². The molecule has 3 N–H and O–H groups in total. The molecule has 110 valence electrons. The Balaban J connectivity index is 1.91. The molecule has 0 unspecified atom stereocenters. The predicted molar refractivity (Wildman–Crippen MR) is 79.6 cm³/mol. The number of nitrogen functional groups attached to an aromatic ring is 1. The van der Waals surface area contributed by atoms with Crippen molar-refractivity contribution in [1.29, 1.82) is 0 Å². The number of anilines is 1. The summed E-state index contributed by atoms with van der Waals surface area (Å²) >= 11 is 0. The van der Waals surface area contributed by atoms with E-state index >= 15 is 0 Å². The highest BCUT2D eigenvalue weighted by molar-refractivity contribution is 5.74. The second kappa shape index (κ2) is 6.50. The van der Waals surface area contributed by atoms with Gasteiger partial charge in [0.25, 0.3) is 0 Å². The number of carbonyl (C=O) groups excluding carboxylic acids is 1. The molecule has 0 radical (unpaired) electrons. The number of benzene rings is 1. The van der Waals surface area contributed by atoms with Gasteiger partial charge in [-0.3, -0.25) is 0 Å². The van der Waals surface area contributed by atoms with E-state index in [9.17, 15) is 4.79 Å². The van der Waals surface area contributed by atoms with Crippen molar-refractivity contribution >= 4 is 11.7 Å². The van der Waals surface area contributed by atoms with Crippen LogP contribution in [0.1, 0.15) is 25.3 Å². The molecule has 1 aromatic carbocycles. The molecule has 20 heavy (non-hydrogen) atoms. The maximum absolute atomic E-state index is 12.1. The van der Waals surface area contributed by atoms with E-state index in [1.165, 1.54) is 0 Å². The summed E-state index contributed by atoms with van der Waals surface area (Å²) < 4.78 is 5.27. The minimum atomic E-state index is -0.0126. The number of urea groups is 1. The number of methoxy groups -OCH3 is 1. The van der Waals surface area contributed by atoms with Gasteiger partial charge in [0.2, 0.25) is 0 Å². The van der Waals surface area contributed by atoms with E-state index in [0.29, 0.717) is 18.2 Å². The summed E-state index contributed by atoms with van der Waals surface area (Å²) in [7, 11) is 1.61. The van der Waals surface area contributed by atoms with Crippen LogP contribution in [0.4, 0.5) is 10.5 Å². The van der Waals surface area contributed by atoms with E-state index in [2.05, 4.69) is 12.2 Å². The fraction of sp³-hybridized carbons (Fsp3) is 0.533. The summed E-state index contributed by atoms with van der Waals surface area (Å²) in [5.41, 5.74) is 7.33. The highest BCUT2D eigenvalue weighted by atomic mass is 16.5. The summed E-state index contributed by atoms with van der Waals surface area (Å²) in [6, 6.07) is 5.42. The molecular weight excluding hydrogens is 254 g/mol. The number of rotatable bonds is 3. The summed E-state index contributed by atoms with van der Waals surface area (Å²) in [4.78, 5) is 14.0. The van der Waals surface area contributed by atoms with Gasteiger partial charge in [-0.1, -0.05) is 6.92 Å². The average molecular weight is 277 g/mol. The fourth-order valence-electron chi connectivity index (χ4n) is 2.43. The third kappa shape index (κ3) is 3.56. The number of amides is 2. The molecule has 0 saturated carbocycles. The summed E-state index contributed by atoms with van der Waals surface area (Å²) in [6.07, 6.45) is 2.16. The van der Waals surface area contributed by atoms with E-state index in [1.807, 2.05) is 17.0 Å². The van der Waals surface area contributed by atoms with Gasteiger partial charge >= 0.3 is 6.03 Å². The van der Waals surface area contributed by atoms with Crippen LogP contribution in [-0.2, 0) is 6.54 Å². The molecule has 0 aromatic heterocycles. The monoisotopic (exact) mass is 277 g/mol. The number of nitrogens with one attached hydrogen (secondary N) is 1. The number of ether oxygens (including phenoxy) is 1. The molecule has 0 atom stereocenters. The van der Waals surface area contributed by atoms with Gasteiger partial charge in [0.15, 0.2) is 0 Å².